The Morgan fingerprint density at radius 1 is 1.00 bits per heavy atom. The minimum atomic E-state index is -4.28. The number of benzene rings is 2. The van der Waals surface area contributed by atoms with Crippen LogP contribution in [0.4, 0.5) is 13.2 Å². The molecular weight excluding hydrogens is 375 g/mol. The molecule has 0 saturated heterocycles. The summed E-state index contributed by atoms with van der Waals surface area (Å²) in [6.07, 6.45) is -2.87. The zero-order valence-corrected chi connectivity index (χ0v) is 13.7. The topological polar surface area (TPSA) is 12.9 Å². The second-order valence-corrected chi connectivity index (χ2v) is 6.95. The lowest BCUT2D eigenvalue weighted by Crippen LogP contribution is -2.04. The zero-order valence-electron chi connectivity index (χ0n) is 11.3. The SMILES string of the molecule is FC(F)(F)c1ccc(CCc2nc3ccc(Br)cc3s2)cc1. The van der Waals surface area contributed by atoms with Crippen molar-refractivity contribution in [1.29, 1.82) is 0 Å². The molecule has 2 aromatic carbocycles. The van der Waals surface area contributed by atoms with Gasteiger partial charge in [0.15, 0.2) is 0 Å². The third-order valence-electron chi connectivity index (χ3n) is 3.30. The predicted molar refractivity (Wildman–Crippen MR) is 86.2 cm³/mol. The van der Waals surface area contributed by atoms with Crippen LogP contribution < -0.4 is 0 Å². The lowest BCUT2D eigenvalue weighted by atomic mass is 10.1. The van der Waals surface area contributed by atoms with Crippen LogP contribution >= 0.6 is 27.3 Å². The molecule has 1 heterocycles. The van der Waals surface area contributed by atoms with E-state index < -0.39 is 11.7 Å². The second-order valence-electron chi connectivity index (χ2n) is 4.91. The average molecular weight is 386 g/mol. The molecule has 0 fully saturated rings. The van der Waals surface area contributed by atoms with Gasteiger partial charge in [-0.1, -0.05) is 28.1 Å². The molecular formula is C16H11BrF3NS. The van der Waals surface area contributed by atoms with Crippen LogP contribution in [0.15, 0.2) is 46.9 Å². The highest BCUT2D eigenvalue weighted by Gasteiger charge is 2.29. The van der Waals surface area contributed by atoms with Crippen molar-refractivity contribution in [2.24, 2.45) is 0 Å². The molecule has 3 aromatic rings. The van der Waals surface area contributed by atoms with E-state index in [9.17, 15) is 13.2 Å². The summed E-state index contributed by atoms with van der Waals surface area (Å²) in [5, 5.41) is 0.994. The molecule has 1 nitrogen and oxygen atoms in total. The molecule has 3 rings (SSSR count). The monoisotopic (exact) mass is 385 g/mol. The molecule has 0 bridgehead atoms. The van der Waals surface area contributed by atoms with E-state index in [4.69, 9.17) is 0 Å². The van der Waals surface area contributed by atoms with Gasteiger partial charge in [-0.2, -0.15) is 13.2 Å². The molecule has 0 unspecified atom stereocenters. The number of fused-ring (bicyclic) bond motifs is 1. The number of thiazole rings is 1. The Morgan fingerprint density at radius 3 is 2.41 bits per heavy atom. The van der Waals surface area contributed by atoms with Crippen LogP contribution in [0.5, 0.6) is 0 Å². The molecule has 6 heteroatoms. The molecule has 22 heavy (non-hydrogen) atoms. The van der Waals surface area contributed by atoms with E-state index in [0.29, 0.717) is 6.42 Å². The normalized spacial score (nSPS) is 12.0. The van der Waals surface area contributed by atoms with Gasteiger partial charge in [0.1, 0.15) is 0 Å². The third kappa shape index (κ3) is 3.50. The predicted octanol–water partition coefficient (Wildman–Crippen LogP) is 5.86. The Balaban J connectivity index is 1.71. The maximum absolute atomic E-state index is 12.5. The van der Waals surface area contributed by atoms with Crippen molar-refractivity contribution >= 4 is 37.5 Å². The van der Waals surface area contributed by atoms with Gasteiger partial charge in [0, 0.05) is 10.9 Å². The maximum Gasteiger partial charge on any atom is 0.416 e. The number of hydrogen-bond donors (Lipinski definition) is 0. The lowest BCUT2D eigenvalue weighted by molar-refractivity contribution is -0.137. The smallest absolute Gasteiger partial charge is 0.241 e. The van der Waals surface area contributed by atoms with Crippen LogP contribution in [-0.4, -0.2) is 4.98 Å². The Labute approximate surface area is 137 Å². The van der Waals surface area contributed by atoms with Gasteiger partial charge in [-0.05, 0) is 42.3 Å². The summed E-state index contributed by atoms with van der Waals surface area (Å²) >= 11 is 5.04. The summed E-state index contributed by atoms with van der Waals surface area (Å²) in [7, 11) is 0. The van der Waals surface area contributed by atoms with Gasteiger partial charge in [0.05, 0.1) is 20.8 Å². The van der Waals surface area contributed by atoms with Crippen LogP contribution in [0.1, 0.15) is 16.1 Å². The number of alkyl halides is 3. The van der Waals surface area contributed by atoms with E-state index in [1.54, 1.807) is 11.3 Å². The van der Waals surface area contributed by atoms with E-state index in [0.717, 1.165) is 43.8 Å². The summed E-state index contributed by atoms with van der Waals surface area (Å²) in [4.78, 5) is 4.54. The van der Waals surface area contributed by atoms with Crippen molar-refractivity contribution in [2.75, 3.05) is 0 Å². The first-order chi connectivity index (χ1) is 10.4. The lowest BCUT2D eigenvalue weighted by Gasteiger charge is -2.07. The van der Waals surface area contributed by atoms with Crippen molar-refractivity contribution in [2.45, 2.75) is 19.0 Å². The molecule has 0 amide bonds. The number of halogens is 4. The molecule has 0 N–H and O–H groups in total. The molecule has 0 spiro atoms. The number of rotatable bonds is 3. The number of nitrogens with zero attached hydrogens (tertiary/aromatic N) is 1. The van der Waals surface area contributed by atoms with Crippen LogP contribution in [0, 0.1) is 0 Å². The summed E-state index contributed by atoms with van der Waals surface area (Å²) in [6.45, 7) is 0. The van der Waals surface area contributed by atoms with Gasteiger partial charge >= 0.3 is 6.18 Å². The van der Waals surface area contributed by atoms with Crippen molar-refractivity contribution in [3.63, 3.8) is 0 Å². The Morgan fingerprint density at radius 2 is 1.73 bits per heavy atom. The fraction of sp³-hybridized carbons (Fsp3) is 0.188. The first-order valence-electron chi connectivity index (χ1n) is 6.63. The van der Waals surface area contributed by atoms with Crippen LogP contribution in [-0.2, 0) is 19.0 Å². The van der Waals surface area contributed by atoms with Crippen LogP contribution in [0.2, 0.25) is 0 Å². The summed E-state index contributed by atoms with van der Waals surface area (Å²) < 4.78 is 39.6. The molecule has 0 radical (unpaired) electrons. The summed E-state index contributed by atoms with van der Waals surface area (Å²) in [6, 6.07) is 11.3. The molecule has 0 aliphatic rings. The van der Waals surface area contributed by atoms with Crippen molar-refractivity contribution in [3.8, 4) is 0 Å². The Kier molecular flexibility index (Phi) is 4.23. The van der Waals surface area contributed by atoms with Gasteiger partial charge in [-0.3, -0.25) is 0 Å². The molecule has 0 aliphatic heterocycles. The maximum atomic E-state index is 12.5. The van der Waals surface area contributed by atoms with Gasteiger partial charge in [-0.15, -0.1) is 11.3 Å². The van der Waals surface area contributed by atoms with E-state index >= 15 is 0 Å². The average Bonchev–Trinajstić information content (AvgIpc) is 2.86. The number of aryl methyl sites for hydroxylation is 2. The van der Waals surface area contributed by atoms with Crippen molar-refractivity contribution in [1.82, 2.24) is 4.98 Å². The van der Waals surface area contributed by atoms with Gasteiger partial charge < -0.3 is 0 Å². The van der Waals surface area contributed by atoms with Gasteiger partial charge in [0.2, 0.25) is 0 Å². The van der Waals surface area contributed by atoms with Crippen LogP contribution in [0.25, 0.3) is 10.2 Å². The van der Waals surface area contributed by atoms with E-state index in [1.165, 1.54) is 12.1 Å². The Hall–Kier alpha value is -1.40. The quantitative estimate of drug-likeness (QED) is 0.549. The number of hydrogen-bond acceptors (Lipinski definition) is 2. The molecule has 1 aromatic heterocycles. The highest BCUT2D eigenvalue weighted by Crippen LogP contribution is 2.30. The van der Waals surface area contributed by atoms with Crippen LogP contribution in [0.3, 0.4) is 0 Å². The minimum Gasteiger partial charge on any atom is -0.241 e. The third-order valence-corrected chi connectivity index (χ3v) is 4.87. The minimum absolute atomic E-state index is 0.610. The van der Waals surface area contributed by atoms with E-state index in [2.05, 4.69) is 20.9 Å². The first kappa shape index (κ1) is 15.5. The van der Waals surface area contributed by atoms with Gasteiger partial charge in [0.25, 0.3) is 0 Å². The van der Waals surface area contributed by atoms with E-state index in [-0.39, 0.29) is 0 Å². The van der Waals surface area contributed by atoms with Crippen molar-refractivity contribution in [3.05, 3.63) is 63.1 Å². The standard InChI is InChI=1S/C16H11BrF3NS/c17-12-6-7-13-14(9-12)22-15(21-13)8-3-10-1-4-11(5-2-10)16(18,19)20/h1-2,4-7,9H,3,8H2. The summed E-state index contributed by atoms with van der Waals surface area (Å²) in [5.41, 5.74) is 1.23. The Bertz CT molecular complexity index is 793. The highest BCUT2D eigenvalue weighted by molar-refractivity contribution is 9.10. The fourth-order valence-corrected chi connectivity index (χ4v) is 3.68. The van der Waals surface area contributed by atoms with E-state index in [1.807, 2.05) is 18.2 Å². The second kappa shape index (κ2) is 6.01. The molecule has 0 saturated carbocycles. The molecule has 114 valence electrons. The summed E-state index contributed by atoms with van der Waals surface area (Å²) in [5.74, 6) is 0. The fourth-order valence-electron chi connectivity index (χ4n) is 2.16. The molecule has 0 aliphatic carbocycles. The number of aromatic nitrogens is 1. The molecule has 0 atom stereocenters. The van der Waals surface area contributed by atoms with Crippen molar-refractivity contribution < 1.29 is 13.2 Å². The largest absolute Gasteiger partial charge is 0.416 e. The first-order valence-corrected chi connectivity index (χ1v) is 8.24. The zero-order chi connectivity index (χ0) is 15.7. The van der Waals surface area contributed by atoms with Gasteiger partial charge in [-0.25, -0.2) is 4.98 Å². The highest BCUT2D eigenvalue weighted by atomic mass is 79.9.